The number of anilines is 1. The minimum Gasteiger partial charge on any atom is -0.465 e. The summed E-state index contributed by atoms with van der Waals surface area (Å²) >= 11 is 0. The lowest BCUT2D eigenvalue weighted by atomic mass is 9.92. The van der Waals surface area contributed by atoms with E-state index in [4.69, 9.17) is 14.3 Å². The zero-order valence-electron chi connectivity index (χ0n) is 21.2. The van der Waals surface area contributed by atoms with Crippen LogP contribution in [0.1, 0.15) is 54.8 Å². The number of alkyl halides is 8. The molecule has 17 heteroatoms. The molecule has 0 aliphatic carbocycles. The number of hydrogen-bond donors (Lipinski definition) is 2. The number of nitrogens with zero attached hydrogens (tertiary/aromatic N) is 3. The van der Waals surface area contributed by atoms with E-state index in [9.17, 15) is 35.9 Å². The Balaban J connectivity index is 1.96. The van der Waals surface area contributed by atoms with E-state index in [0.717, 1.165) is 0 Å². The van der Waals surface area contributed by atoms with Crippen LogP contribution >= 0.6 is 0 Å². The molecule has 42 heavy (non-hydrogen) atoms. The summed E-state index contributed by atoms with van der Waals surface area (Å²) in [6.45, 7) is -0.660. The summed E-state index contributed by atoms with van der Waals surface area (Å²) < 4.78 is 126. The number of carbonyl (C=O) groups is 2. The normalized spacial score (nSPS) is 19.7. The first-order chi connectivity index (χ1) is 19.5. The van der Waals surface area contributed by atoms with Crippen LogP contribution in [0.3, 0.4) is 0 Å². The van der Waals surface area contributed by atoms with Gasteiger partial charge in [0.1, 0.15) is 11.5 Å². The maximum absolute atomic E-state index is 15.1. The number of rotatable bonds is 4. The number of pyridine rings is 1. The Morgan fingerprint density at radius 1 is 1.05 bits per heavy atom. The van der Waals surface area contributed by atoms with Crippen LogP contribution in [0.2, 0.25) is 0 Å². The van der Waals surface area contributed by atoms with Crippen LogP contribution in [0.4, 0.5) is 45.6 Å². The van der Waals surface area contributed by atoms with Crippen molar-refractivity contribution in [3.63, 3.8) is 0 Å². The van der Waals surface area contributed by atoms with Crippen molar-refractivity contribution < 1.29 is 59.0 Å². The summed E-state index contributed by atoms with van der Waals surface area (Å²) in [5.74, 6) is -7.62. The molecule has 1 aromatic carbocycles. The number of benzene rings is 1. The average Bonchev–Trinajstić information content (AvgIpc) is 3.37. The molecule has 1 amide bonds. The van der Waals surface area contributed by atoms with E-state index < -0.39 is 109 Å². The zero-order valence-corrected chi connectivity index (χ0v) is 21.2. The Labute approximate surface area is 230 Å². The summed E-state index contributed by atoms with van der Waals surface area (Å²) in [6.07, 6.45) is -17.4. The fourth-order valence-electron chi connectivity index (χ4n) is 4.30. The first-order valence-electron chi connectivity index (χ1n) is 12.1. The highest BCUT2D eigenvalue weighted by Gasteiger charge is 2.61. The summed E-state index contributed by atoms with van der Waals surface area (Å²) in [5, 5.41) is 17.4. The topological polar surface area (TPSA) is 127 Å². The van der Waals surface area contributed by atoms with Gasteiger partial charge in [-0.3, -0.25) is 10.1 Å². The molecule has 9 nitrogen and oxygen atoms in total. The van der Waals surface area contributed by atoms with E-state index in [1.165, 1.54) is 24.3 Å². The van der Waals surface area contributed by atoms with Crippen LogP contribution in [0.15, 0.2) is 40.8 Å². The highest BCUT2D eigenvalue weighted by Crippen LogP contribution is 2.48. The van der Waals surface area contributed by atoms with Gasteiger partial charge in [0.25, 0.3) is 17.7 Å². The molecule has 3 aromatic rings. The SMILES string of the molecule is O=C1CCCC(F)(F)c2nc(c(NC(=O)O)cc2C(F)(F)F)-c2nnc(o2)[C@@](OCc2ccccc2)(C(F)(F)F)CC1. The molecular weight excluding hydrogens is 588 g/mol. The van der Waals surface area contributed by atoms with Crippen LogP contribution in [-0.2, 0) is 33.8 Å². The predicted octanol–water partition coefficient (Wildman–Crippen LogP) is 6.84. The molecule has 0 unspecified atom stereocenters. The van der Waals surface area contributed by atoms with Crippen molar-refractivity contribution in [1.29, 1.82) is 0 Å². The van der Waals surface area contributed by atoms with E-state index in [1.54, 1.807) is 11.4 Å². The van der Waals surface area contributed by atoms with Gasteiger partial charge in [-0.1, -0.05) is 30.3 Å². The maximum Gasteiger partial charge on any atom is 0.426 e. The van der Waals surface area contributed by atoms with E-state index in [-0.39, 0.29) is 11.6 Å². The summed E-state index contributed by atoms with van der Waals surface area (Å²) in [6, 6.07) is 7.57. The van der Waals surface area contributed by atoms with Crippen molar-refractivity contribution in [3.05, 3.63) is 59.1 Å². The summed E-state index contributed by atoms with van der Waals surface area (Å²) in [4.78, 5) is 27.1. The number of ketones is 1. The van der Waals surface area contributed by atoms with E-state index in [1.807, 2.05) is 0 Å². The van der Waals surface area contributed by atoms with Crippen molar-refractivity contribution in [2.45, 2.75) is 62.6 Å². The molecule has 0 saturated heterocycles. The molecule has 1 aliphatic heterocycles. The molecule has 3 heterocycles. The fraction of sp³-hybridized carbons (Fsp3) is 0.400. The first kappa shape index (κ1) is 30.8. The molecule has 0 spiro atoms. The fourth-order valence-corrected chi connectivity index (χ4v) is 4.30. The van der Waals surface area contributed by atoms with Crippen molar-refractivity contribution in [3.8, 4) is 11.6 Å². The molecule has 4 bridgehead atoms. The molecule has 2 aromatic heterocycles. The molecule has 0 saturated carbocycles. The van der Waals surface area contributed by atoms with Gasteiger partial charge in [-0.2, -0.15) is 35.1 Å². The van der Waals surface area contributed by atoms with Crippen molar-refractivity contribution in [1.82, 2.24) is 15.2 Å². The van der Waals surface area contributed by atoms with E-state index in [2.05, 4.69) is 15.2 Å². The number of Topliss-reactive ketones (excluding diaryl/α,β-unsaturated/α-hetero) is 1. The Hall–Kier alpha value is -4.15. The largest absolute Gasteiger partial charge is 0.465 e. The number of amides is 1. The third-order valence-electron chi connectivity index (χ3n) is 6.38. The molecule has 2 N–H and O–H groups in total. The lowest BCUT2D eigenvalue weighted by Gasteiger charge is -2.32. The molecule has 1 atom stereocenters. The first-order valence-corrected chi connectivity index (χ1v) is 12.1. The number of carboxylic acid groups (broad SMARTS) is 1. The van der Waals surface area contributed by atoms with Gasteiger partial charge in [-0.05, 0) is 18.1 Å². The second-order valence-electron chi connectivity index (χ2n) is 9.32. The summed E-state index contributed by atoms with van der Waals surface area (Å²) in [5.41, 5.74) is -9.16. The van der Waals surface area contributed by atoms with Crippen LogP contribution < -0.4 is 5.32 Å². The van der Waals surface area contributed by atoms with Gasteiger partial charge in [0.2, 0.25) is 5.60 Å². The smallest absolute Gasteiger partial charge is 0.426 e. The molecular formula is C25H20F8N4O5. The van der Waals surface area contributed by atoms with E-state index in [0.29, 0.717) is 0 Å². The van der Waals surface area contributed by atoms with Crippen LogP contribution in [0.25, 0.3) is 11.6 Å². The number of aromatic nitrogens is 3. The Bertz CT molecular complexity index is 1460. The number of ether oxygens (including phenoxy) is 1. The molecule has 0 fully saturated rings. The van der Waals surface area contributed by atoms with Crippen molar-refractivity contribution in [2.75, 3.05) is 5.32 Å². The minimum absolute atomic E-state index is 0.00347. The Kier molecular flexibility index (Phi) is 8.26. The van der Waals surface area contributed by atoms with Crippen molar-refractivity contribution >= 4 is 17.6 Å². The van der Waals surface area contributed by atoms with Gasteiger partial charge in [0.05, 0.1) is 17.9 Å². The van der Waals surface area contributed by atoms with Gasteiger partial charge in [0, 0.05) is 25.7 Å². The van der Waals surface area contributed by atoms with Gasteiger partial charge < -0.3 is 14.3 Å². The number of halogens is 8. The zero-order chi connectivity index (χ0) is 30.9. The number of nitrogens with one attached hydrogen (secondary N) is 1. The Morgan fingerprint density at radius 2 is 1.74 bits per heavy atom. The third-order valence-corrected chi connectivity index (χ3v) is 6.38. The van der Waals surface area contributed by atoms with Gasteiger partial charge >= 0.3 is 18.4 Å². The lowest BCUT2D eigenvalue weighted by molar-refractivity contribution is -0.299. The Morgan fingerprint density at radius 3 is 2.36 bits per heavy atom. The standard InChI is InChI=1S/C25H20F8N4O5/c26-23(27)9-4-7-14(38)8-10-22(25(31,32)33,41-12-13-5-2-1-3-6-13)20-37-36-19(42-20)17-16(34-21(39)40)11-15(18(23)35-17)24(28,29)30/h1-3,5-6,11,34H,4,7-10,12H2,(H,39,40)/t22-/m1/s1. The van der Waals surface area contributed by atoms with Crippen LogP contribution in [0.5, 0.6) is 0 Å². The van der Waals surface area contributed by atoms with Gasteiger partial charge in [-0.25, -0.2) is 9.78 Å². The molecule has 4 rings (SSSR count). The predicted molar refractivity (Wildman–Crippen MR) is 125 cm³/mol. The number of fused-ring (bicyclic) bond motifs is 5. The average molecular weight is 608 g/mol. The monoisotopic (exact) mass is 608 g/mol. The van der Waals surface area contributed by atoms with Gasteiger partial charge in [-0.15, -0.1) is 10.2 Å². The molecule has 1 aliphatic rings. The molecule has 226 valence electrons. The lowest BCUT2D eigenvalue weighted by Crippen LogP contribution is -2.45. The summed E-state index contributed by atoms with van der Waals surface area (Å²) in [7, 11) is 0. The highest BCUT2D eigenvalue weighted by molar-refractivity contribution is 5.88. The second-order valence-corrected chi connectivity index (χ2v) is 9.32. The van der Waals surface area contributed by atoms with Crippen molar-refractivity contribution in [2.24, 2.45) is 0 Å². The van der Waals surface area contributed by atoms with E-state index >= 15 is 8.78 Å². The maximum atomic E-state index is 15.1. The second kappa shape index (κ2) is 11.3. The highest BCUT2D eigenvalue weighted by atomic mass is 19.4. The number of hydrogen-bond acceptors (Lipinski definition) is 7. The van der Waals surface area contributed by atoms with Crippen LogP contribution in [-0.4, -0.2) is 38.3 Å². The van der Waals surface area contributed by atoms with Gasteiger partial charge in [0.15, 0.2) is 5.69 Å². The minimum atomic E-state index is -5.46. The quantitative estimate of drug-likeness (QED) is 0.308. The van der Waals surface area contributed by atoms with Crippen LogP contribution in [0, 0.1) is 0 Å². The number of carbonyl (C=O) groups excluding carboxylic acids is 1. The molecule has 0 radical (unpaired) electrons. The third kappa shape index (κ3) is 6.34.